The SMILES string of the molecule is Cc1ccc2c(c1)/C(=C1/S/C(=N\c3ccc(S(N)(=O)=O)cc3)N(c3ccccc3)C1=O)C(=O)N2. The van der Waals surface area contributed by atoms with Crippen molar-refractivity contribution in [3.8, 4) is 0 Å². The fourth-order valence-electron chi connectivity index (χ4n) is 3.73. The second-order valence-corrected chi connectivity index (χ2v) is 10.3. The minimum absolute atomic E-state index is 0.0380. The summed E-state index contributed by atoms with van der Waals surface area (Å²) in [6.07, 6.45) is 0. The van der Waals surface area contributed by atoms with E-state index in [2.05, 4.69) is 10.3 Å². The number of hydrogen-bond donors (Lipinski definition) is 2. The summed E-state index contributed by atoms with van der Waals surface area (Å²) in [6, 6.07) is 20.3. The van der Waals surface area contributed by atoms with Gasteiger partial charge in [-0.2, -0.15) is 0 Å². The monoisotopic (exact) mass is 490 g/mol. The summed E-state index contributed by atoms with van der Waals surface area (Å²) < 4.78 is 23.1. The molecule has 0 saturated carbocycles. The highest BCUT2D eigenvalue weighted by Crippen LogP contribution is 2.44. The van der Waals surface area contributed by atoms with Gasteiger partial charge in [0.1, 0.15) is 0 Å². The number of nitrogens with two attached hydrogens (primary N) is 1. The van der Waals surface area contributed by atoms with E-state index in [1.165, 1.54) is 29.2 Å². The number of amidine groups is 1. The highest BCUT2D eigenvalue weighted by Gasteiger charge is 2.40. The van der Waals surface area contributed by atoms with Crippen LogP contribution in [0.3, 0.4) is 0 Å². The zero-order chi connectivity index (χ0) is 24.0. The van der Waals surface area contributed by atoms with E-state index < -0.39 is 10.0 Å². The molecule has 0 radical (unpaired) electrons. The van der Waals surface area contributed by atoms with Crippen LogP contribution in [0.5, 0.6) is 0 Å². The van der Waals surface area contributed by atoms with E-state index in [1.807, 2.05) is 31.2 Å². The van der Waals surface area contributed by atoms with E-state index in [0.29, 0.717) is 33.4 Å². The number of aryl methyl sites for hydroxylation is 1. The zero-order valence-corrected chi connectivity index (χ0v) is 19.5. The first kappa shape index (κ1) is 22.1. The maximum absolute atomic E-state index is 13.6. The second kappa shape index (κ2) is 8.24. The summed E-state index contributed by atoms with van der Waals surface area (Å²) in [4.78, 5) is 32.7. The number of para-hydroxylation sites is 1. The van der Waals surface area contributed by atoms with E-state index in [4.69, 9.17) is 5.14 Å². The Morgan fingerprint density at radius 1 is 0.971 bits per heavy atom. The molecule has 2 amide bonds. The molecule has 5 rings (SSSR count). The Balaban J connectivity index is 1.64. The van der Waals surface area contributed by atoms with Gasteiger partial charge in [0.05, 0.1) is 26.7 Å². The van der Waals surface area contributed by atoms with Gasteiger partial charge in [0.15, 0.2) is 5.17 Å². The molecule has 0 atom stereocenters. The zero-order valence-electron chi connectivity index (χ0n) is 17.8. The minimum atomic E-state index is -3.84. The number of sulfonamides is 1. The van der Waals surface area contributed by atoms with Crippen LogP contribution in [0.15, 0.2) is 87.6 Å². The molecule has 0 unspecified atom stereocenters. The molecule has 2 heterocycles. The number of fused-ring (bicyclic) bond motifs is 1. The minimum Gasteiger partial charge on any atom is -0.321 e. The molecule has 3 aromatic carbocycles. The van der Waals surface area contributed by atoms with Crippen molar-refractivity contribution in [1.82, 2.24) is 0 Å². The lowest BCUT2D eigenvalue weighted by atomic mass is 10.0. The third kappa shape index (κ3) is 3.92. The van der Waals surface area contributed by atoms with Crippen LogP contribution in [-0.2, 0) is 19.6 Å². The van der Waals surface area contributed by atoms with Crippen LogP contribution < -0.4 is 15.4 Å². The van der Waals surface area contributed by atoms with Crippen molar-refractivity contribution in [3.63, 3.8) is 0 Å². The second-order valence-electron chi connectivity index (χ2n) is 7.72. The fraction of sp³-hybridized carbons (Fsp3) is 0.0417. The number of primary sulfonamides is 1. The number of thioether (sulfide) groups is 1. The first-order valence-electron chi connectivity index (χ1n) is 10.2. The Morgan fingerprint density at radius 3 is 2.35 bits per heavy atom. The molecule has 8 nitrogen and oxygen atoms in total. The Morgan fingerprint density at radius 2 is 1.68 bits per heavy atom. The van der Waals surface area contributed by atoms with Gasteiger partial charge in [-0.1, -0.05) is 29.8 Å². The van der Waals surface area contributed by atoms with Crippen LogP contribution in [0.25, 0.3) is 5.57 Å². The third-order valence-corrected chi connectivity index (χ3v) is 7.30. The predicted molar refractivity (Wildman–Crippen MR) is 133 cm³/mol. The molecule has 3 N–H and O–H groups in total. The molecule has 34 heavy (non-hydrogen) atoms. The van der Waals surface area contributed by atoms with Crippen LogP contribution in [0.1, 0.15) is 11.1 Å². The van der Waals surface area contributed by atoms with Gasteiger partial charge < -0.3 is 5.32 Å². The molecule has 2 aliphatic rings. The highest BCUT2D eigenvalue weighted by atomic mass is 32.2. The fourth-order valence-corrected chi connectivity index (χ4v) is 5.34. The number of nitrogens with one attached hydrogen (secondary N) is 1. The van der Waals surface area contributed by atoms with Crippen LogP contribution >= 0.6 is 11.8 Å². The van der Waals surface area contributed by atoms with Crippen molar-refractivity contribution in [2.45, 2.75) is 11.8 Å². The number of aliphatic imine (C=N–C) groups is 1. The molecule has 3 aromatic rings. The molecular weight excluding hydrogens is 472 g/mol. The number of benzene rings is 3. The number of nitrogens with zero attached hydrogens (tertiary/aromatic N) is 2. The number of amides is 2. The van der Waals surface area contributed by atoms with Crippen molar-refractivity contribution in [2.75, 3.05) is 10.2 Å². The average Bonchev–Trinajstić information content (AvgIpc) is 3.28. The summed E-state index contributed by atoms with van der Waals surface area (Å²) in [5.74, 6) is -0.709. The van der Waals surface area contributed by atoms with Gasteiger partial charge in [-0.3, -0.25) is 14.5 Å². The van der Waals surface area contributed by atoms with Gasteiger partial charge in [0.2, 0.25) is 10.0 Å². The van der Waals surface area contributed by atoms with Gasteiger partial charge in [-0.05, 0) is 67.2 Å². The van der Waals surface area contributed by atoms with Crippen molar-refractivity contribution in [1.29, 1.82) is 0 Å². The normalized spacial score (nSPS) is 19.0. The van der Waals surface area contributed by atoms with E-state index in [-0.39, 0.29) is 21.6 Å². The highest BCUT2D eigenvalue weighted by molar-refractivity contribution is 8.19. The number of rotatable bonds is 3. The Hall–Kier alpha value is -3.73. The summed E-state index contributed by atoms with van der Waals surface area (Å²) in [6.45, 7) is 1.92. The number of anilines is 2. The Labute approximate surface area is 200 Å². The van der Waals surface area contributed by atoms with E-state index in [0.717, 1.165) is 17.3 Å². The Kier molecular flexibility index (Phi) is 5.35. The first-order valence-corrected chi connectivity index (χ1v) is 12.5. The van der Waals surface area contributed by atoms with Gasteiger partial charge in [0.25, 0.3) is 11.8 Å². The largest absolute Gasteiger partial charge is 0.321 e. The van der Waals surface area contributed by atoms with E-state index >= 15 is 0 Å². The summed E-state index contributed by atoms with van der Waals surface area (Å²) >= 11 is 1.10. The maximum atomic E-state index is 13.6. The summed E-state index contributed by atoms with van der Waals surface area (Å²) in [5.41, 5.74) is 3.63. The van der Waals surface area contributed by atoms with Gasteiger partial charge in [-0.15, -0.1) is 0 Å². The quantitative estimate of drug-likeness (QED) is 0.541. The number of carbonyl (C=O) groups excluding carboxylic acids is 2. The van der Waals surface area contributed by atoms with Gasteiger partial charge in [-0.25, -0.2) is 18.5 Å². The van der Waals surface area contributed by atoms with Gasteiger partial charge >= 0.3 is 0 Å². The van der Waals surface area contributed by atoms with Crippen molar-refractivity contribution >= 4 is 61.4 Å². The Bertz CT molecular complexity index is 1510. The van der Waals surface area contributed by atoms with Gasteiger partial charge in [0, 0.05) is 11.3 Å². The first-order chi connectivity index (χ1) is 16.2. The molecule has 0 spiro atoms. The van der Waals surface area contributed by atoms with E-state index in [1.54, 1.807) is 24.3 Å². The topological polar surface area (TPSA) is 122 Å². The molecule has 1 saturated heterocycles. The van der Waals surface area contributed by atoms with Crippen LogP contribution in [0.4, 0.5) is 17.1 Å². The molecule has 170 valence electrons. The smallest absolute Gasteiger partial charge is 0.272 e. The van der Waals surface area contributed by atoms with Crippen LogP contribution in [0, 0.1) is 6.92 Å². The molecule has 2 aliphatic heterocycles. The van der Waals surface area contributed by atoms with Crippen LogP contribution in [-0.4, -0.2) is 25.4 Å². The molecule has 0 bridgehead atoms. The van der Waals surface area contributed by atoms with E-state index in [9.17, 15) is 18.0 Å². The maximum Gasteiger partial charge on any atom is 0.272 e. The summed E-state index contributed by atoms with van der Waals surface area (Å²) in [5, 5.41) is 8.34. The third-order valence-electron chi connectivity index (χ3n) is 5.33. The predicted octanol–water partition coefficient (Wildman–Crippen LogP) is 3.77. The summed E-state index contributed by atoms with van der Waals surface area (Å²) in [7, 11) is -3.84. The average molecular weight is 491 g/mol. The lowest BCUT2D eigenvalue weighted by Gasteiger charge is -2.15. The number of carbonyl (C=O) groups is 2. The van der Waals surface area contributed by atoms with Crippen molar-refractivity contribution < 1.29 is 18.0 Å². The van der Waals surface area contributed by atoms with Crippen molar-refractivity contribution in [3.05, 3.63) is 88.8 Å². The lowest BCUT2D eigenvalue weighted by Crippen LogP contribution is -2.29. The molecule has 0 aliphatic carbocycles. The molecule has 0 aromatic heterocycles. The molecule has 1 fully saturated rings. The van der Waals surface area contributed by atoms with Crippen LogP contribution in [0.2, 0.25) is 0 Å². The molecule has 10 heteroatoms. The lowest BCUT2D eigenvalue weighted by molar-refractivity contribution is -0.114. The standard InChI is InChI=1S/C24H18N4O4S2/c1-14-7-12-19-18(13-14)20(22(29)27-19)21-23(30)28(16-5-3-2-4-6-16)24(33-21)26-15-8-10-17(11-9-15)34(25,31)32/h2-13H,1H3,(H,27,29)(H2,25,31,32)/b21-20-,26-24-. The molecular formula is C24H18N4O4S2. The van der Waals surface area contributed by atoms with Crippen molar-refractivity contribution in [2.24, 2.45) is 10.1 Å². The number of hydrogen-bond acceptors (Lipinski definition) is 6.